The maximum absolute atomic E-state index is 13.5. The summed E-state index contributed by atoms with van der Waals surface area (Å²) in [6.45, 7) is 4.93. The lowest BCUT2D eigenvalue weighted by molar-refractivity contribution is -0.136. The van der Waals surface area contributed by atoms with Crippen LogP contribution in [0.15, 0.2) is 35.8 Å². The van der Waals surface area contributed by atoms with Crippen LogP contribution in [0.25, 0.3) is 0 Å². The summed E-state index contributed by atoms with van der Waals surface area (Å²) >= 11 is 1.52. The van der Waals surface area contributed by atoms with Gasteiger partial charge in [0.15, 0.2) is 0 Å². The van der Waals surface area contributed by atoms with Gasteiger partial charge in [-0.3, -0.25) is 4.79 Å². The van der Waals surface area contributed by atoms with Gasteiger partial charge in [-0.25, -0.2) is 4.98 Å². The standard InChI is InChI=1S/C19H24N2O3S/c1-18(2)13-19(18,14-4-6-15(24-3)7-5-14)17(23)21(9-10-22)12-16-20-8-11-25-16/h4-8,11,22H,9-10,12-13H2,1-3H3/t19-/m0/s1. The Balaban J connectivity index is 1.91. The molecule has 1 aromatic carbocycles. The number of carbonyl (C=O) groups excluding carboxylic acids is 1. The molecule has 5 nitrogen and oxygen atoms in total. The first kappa shape index (κ1) is 17.9. The summed E-state index contributed by atoms with van der Waals surface area (Å²) in [4.78, 5) is 19.5. The lowest BCUT2D eigenvalue weighted by Crippen LogP contribution is -2.42. The van der Waals surface area contributed by atoms with Crippen molar-refractivity contribution in [1.29, 1.82) is 0 Å². The average molecular weight is 360 g/mol. The Morgan fingerprint density at radius 2 is 2.04 bits per heavy atom. The number of aliphatic hydroxyl groups excluding tert-OH is 1. The minimum absolute atomic E-state index is 0.0593. The normalized spacial score (nSPS) is 21.0. The van der Waals surface area contributed by atoms with E-state index in [-0.39, 0.29) is 17.9 Å². The Kier molecular flexibility index (Phi) is 4.84. The van der Waals surface area contributed by atoms with E-state index in [1.165, 1.54) is 11.3 Å². The monoisotopic (exact) mass is 360 g/mol. The minimum Gasteiger partial charge on any atom is -0.497 e. The van der Waals surface area contributed by atoms with Gasteiger partial charge in [0.25, 0.3) is 0 Å². The minimum atomic E-state index is -0.550. The van der Waals surface area contributed by atoms with Crippen LogP contribution in [-0.2, 0) is 16.8 Å². The zero-order chi connectivity index (χ0) is 18.1. The van der Waals surface area contributed by atoms with Crippen molar-refractivity contribution in [3.05, 3.63) is 46.4 Å². The molecule has 1 heterocycles. The van der Waals surface area contributed by atoms with Gasteiger partial charge in [0.05, 0.1) is 25.7 Å². The van der Waals surface area contributed by atoms with Gasteiger partial charge in [-0.05, 0) is 29.5 Å². The van der Waals surface area contributed by atoms with Gasteiger partial charge in [-0.15, -0.1) is 11.3 Å². The molecule has 2 aromatic rings. The van der Waals surface area contributed by atoms with Crippen LogP contribution >= 0.6 is 11.3 Å². The highest BCUT2D eigenvalue weighted by Crippen LogP contribution is 2.65. The van der Waals surface area contributed by atoms with Crippen LogP contribution in [0.2, 0.25) is 0 Å². The Morgan fingerprint density at radius 3 is 2.52 bits per heavy atom. The fourth-order valence-corrected chi connectivity index (χ4v) is 4.24. The van der Waals surface area contributed by atoms with E-state index in [1.807, 2.05) is 29.6 Å². The van der Waals surface area contributed by atoms with Crippen LogP contribution in [0.3, 0.4) is 0 Å². The van der Waals surface area contributed by atoms with Crippen molar-refractivity contribution in [3.63, 3.8) is 0 Å². The Bertz CT molecular complexity index is 728. The van der Waals surface area contributed by atoms with Gasteiger partial charge in [-0.1, -0.05) is 26.0 Å². The molecule has 1 atom stereocenters. The Hall–Kier alpha value is -1.92. The number of amides is 1. The molecule has 0 bridgehead atoms. The predicted octanol–water partition coefficient (Wildman–Crippen LogP) is 2.84. The van der Waals surface area contributed by atoms with Gasteiger partial charge in [0.2, 0.25) is 5.91 Å². The van der Waals surface area contributed by atoms with Gasteiger partial charge in [-0.2, -0.15) is 0 Å². The number of hydrogen-bond donors (Lipinski definition) is 1. The van der Waals surface area contributed by atoms with Crippen molar-refractivity contribution in [1.82, 2.24) is 9.88 Å². The number of carbonyl (C=O) groups is 1. The molecular weight excluding hydrogens is 336 g/mol. The topological polar surface area (TPSA) is 62.7 Å². The molecule has 1 N–H and O–H groups in total. The highest BCUT2D eigenvalue weighted by Gasteiger charge is 2.67. The van der Waals surface area contributed by atoms with Crippen LogP contribution in [-0.4, -0.2) is 41.2 Å². The fraction of sp³-hybridized carbons (Fsp3) is 0.474. The smallest absolute Gasteiger partial charge is 0.234 e. The van der Waals surface area contributed by atoms with Crippen molar-refractivity contribution in [2.45, 2.75) is 32.2 Å². The molecule has 0 spiro atoms. The van der Waals surface area contributed by atoms with Crippen LogP contribution < -0.4 is 4.74 Å². The number of aliphatic hydroxyl groups is 1. The van der Waals surface area contributed by atoms with Gasteiger partial charge in [0.1, 0.15) is 10.8 Å². The predicted molar refractivity (Wildman–Crippen MR) is 97.7 cm³/mol. The number of rotatable bonds is 7. The molecule has 0 aliphatic heterocycles. The van der Waals surface area contributed by atoms with Crippen molar-refractivity contribution in [2.24, 2.45) is 5.41 Å². The van der Waals surface area contributed by atoms with E-state index in [4.69, 9.17) is 4.74 Å². The molecule has 25 heavy (non-hydrogen) atoms. The number of ether oxygens (including phenoxy) is 1. The maximum atomic E-state index is 13.5. The van der Waals surface area contributed by atoms with E-state index in [0.29, 0.717) is 13.1 Å². The van der Waals surface area contributed by atoms with Crippen molar-refractivity contribution in [2.75, 3.05) is 20.3 Å². The zero-order valence-corrected chi connectivity index (χ0v) is 15.7. The van der Waals surface area contributed by atoms with Crippen LogP contribution in [0.1, 0.15) is 30.8 Å². The van der Waals surface area contributed by atoms with Crippen molar-refractivity contribution < 1.29 is 14.6 Å². The first-order valence-corrected chi connectivity index (χ1v) is 9.26. The van der Waals surface area contributed by atoms with E-state index in [2.05, 4.69) is 18.8 Å². The Morgan fingerprint density at radius 1 is 1.36 bits per heavy atom. The summed E-state index contributed by atoms with van der Waals surface area (Å²) in [7, 11) is 1.63. The summed E-state index contributed by atoms with van der Waals surface area (Å²) < 4.78 is 5.24. The number of nitrogens with zero attached hydrogens (tertiary/aromatic N) is 2. The quantitative estimate of drug-likeness (QED) is 0.825. The molecule has 1 aromatic heterocycles. The number of benzene rings is 1. The maximum Gasteiger partial charge on any atom is 0.234 e. The molecule has 0 radical (unpaired) electrons. The Labute approximate surface area is 152 Å². The van der Waals surface area contributed by atoms with Crippen LogP contribution in [0.5, 0.6) is 5.75 Å². The molecule has 1 aliphatic carbocycles. The molecule has 0 unspecified atom stereocenters. The van der Waals surface area contributed by atoms with Crippen LogP contribution in [0, 0.1) is 5.41 Å². The summed E-state index contributed by atoms with van der Waals surface area (Å²) in [6, 6.07) is 7.75. The van der Waals surface area contributed by atoms with Crippen molar-refractivity contribution >= 4 is 17.2 Å². The van der Waals surface area contributed by atoms with E-state index < -0.39 is 5.41 Å². The van der Waals surface area contributed by atoms with E-state index >= 15 is 0 Å². The molecule has 1 amide bonds. The summed E-state index contributed by atoms with van der Waals surface area (Å²) in [6.07, 6.45) is 2.53. The molecule has 1 aliphatic rings. The van der Waals surface area contributed by atoms with Crippen molar-refractivity contribution in [3.8, 4) is 5.75 Å². The van der Waals surface area contributed by atoms with Crippen LogP contribution in [0.4, 0.5) is 0 Å². The highest BCUT2D eigenvalue weighted by molar-refractivity contribution is 7.09. The summed E-state index contributed by atoms with van der Waals surface area (Å²) in [5, 5.41) is 12.2. The molecule has 1 saturated carbocycles. The first-order valence-electron chi connectivity index (χ1n) is 8.38. The number of aromatic nitrogens is 1. The number of methoxy groups -OCH3 is 1. The fourth-order valence-electron chi connectivity index (χ4n) is 3.61. The third-order valence-electron chi connectivity index (χ3n) is 5.15. The first-order chi connectivity index (χ1) is 11.9. The van der Waals surface area contributed by atoms with E-state index in [0.717, 1.165) is 22.7 Å². The summed E-state index contributed by atoms with van der Waals surface area (Å²) in [5.41, 5.74) is 0.339. The molecule has 6 heteroatoms. The largest absolute Gasteiger partial charge is 0.497 e. The second kappa shape index (κ2) is 6.77. The zero-order valence-electron chi connectivity index (χ0n) is 14.9. The second-order valence-corrected chi connectivity index (χ2v) is 8.05. The lowest BCUT2D eigenvalue weighted by atomic mass is 9.86. The summed E-state index contributed by atoms with van der Waals surface area (Å²) in [5.74, 6) is 0.840. The third kappa shape index (κ3) is 3.16. The number of hydrogen-bond acceptors (Lipinski definition) is 5. The molecule has 3 rings (SSSR count). The molecular formula is C19H24N2O3S. The molecule has 134 valence electrons. The second-order valence-electron chi connectivity index (χ2n) is 7.07. The molecule has 1 fully saturated rings. The average Bonchev–Trinajstić information content (AvgIpc) is 2.95. The van der Waals surface area contributed by atoms with E-state index in [9.17, 15) is 9.90 Å². The van der Waals surface area contributed by atoms with Gasteiger partial charge in [0, 0.05) is 18.1 Å². The number of thiazole rings is 1. The SMILES string of the molecule is COc1ccc([C@]2(C(=O)N(CCO)Cc3nccs3)CC2(C)C)cc1. The molecule has 0 saturated heterocycles. The highest BCUT2D eigenvalue weighted by atomic mass is 32.1. The van der Waals surface area contributed by atoms with E-state index in [1.54, 1.807) is 18.2 Å². The third-order valence-corrected chi connectivity index (χ3v) is 5.92. The lowest BCUT2D eigenvalue weighted by Gasteiger charge is -2.29. The van der Waals surface area contributed by atoms with Gasteiger partial charge >= 0.3 is 0 Å². The van der Waals surface area contributed by atoms with Gasteiger partial charge < -0.3 is 14.7 Å².